The van der Waals surface area contributed by atoms with E-state index in [1.807, 2.05) is 30.3 Å². The van der Waals surface area contributed by atoms with Crippen molar-refractivity contribution >= 4 is 29.7 Å². The Bertz CT molecular complexity index is 972. The van der Waals surface area contributed by atoms with Crippen LogP contribution in [0.4, 0.5) is 9.59 Å². The van der Waals surface area contributed by atoms with Crippen molar-refractivity contribution in [2.45, 2.75) is 52.0 Å². The van der Waals surface area contributed by atoms with Crippen molar-refractivity contribution in [3.05, 3.63) is 70.7 Å². The molecule has 170 valence electrons. The number of alkyl carbamates (subject to hydrolysis) is 1. The van der Waals surface area contributed by atoms with E-state index in [2.05, 4.69) is 5.32 Å². The number of likely N-dealkylation sites (tertiary alicyclic amines) is 1. The van der Waals surface area contributed by atoms with Crippen LogP contribution in [0.2, 0.25) is 5.02 Å². The van der Waals surface area contributed by atoms with Gasteiger partial charge in [-0.1, -0.05) is 54.1 Å². The average Bonchev–Trinajstić information content (AvgIpc) is 2.70. The average molecular weight is 459 g/mol. The summed E-state index contributed by atoms with van der Waals surface area (Å²) in [5.41, 5.74) is 0.819. The van der Waals surface area contributed by atoms with Crippen LogP contribution in [0.15, 0.2) is 54.6 Å². The Kier molecular flexibility index (Phi) is 7.09. The summed E-state index contributed by atoms with van der Waals surface area (Å²) in [7, 11) is 0. The van der Waals surface area contributed by atoms with Crippen molar-refractivity contribution in [1.82, 2.24) is 10.2 Å². The first kappa shape index (κ1) is 23.6. The lowest BCUT2D eigenvalue weighted by Crippen LogP contribution is -2.63. The maximum Gasteiger partial charge on any atom is 0.417 e. The van der Waals surface area contributed by atoms with Gasteiger partial charge in [0.15, 0.2) is 0 Å². The summed E-state index contributed by atoms with van der Waals surface area (Å²) in [6.07, 6.45) is -1.36. The van der Waals surface area contributed by atoms with E-state index in [0.717, 1.165) is 16.0 Å². The molecule has 0 spiro atoms. The second-order valence-electron chi connectivity index (χ2n) is 8.71. The highest BCUT2D eigenvalue weighted by Crippen LogP contribution is 2.43. The van der Waals surface area contributed by atoms with Crippen molar-refractivity contribution in [3.8, 4) is 0 Å². The van der Waals surface area contributed by atoms with Gasteiger partial charge in [-0.15, -0.1) is 0 Å². The number of benzene rings is 2. The molecule has 1 fully saturated rings. The Balaban J connectivity index is 1.72. The fourth-order valence-corrected chi connectivity index (χ4v) is 3.70. The van der Waals surface area contributed by atoms with Gasteiger partial charge in [-0.25, -0.2) is 14.5 Å². The summed E-state index contributed by atoms with van der Waals surface area (Å²) in [5, 5.41) is 3.25. The van der Waals surface area contributed by atoms with Gasteiger partial charge in [0, 0.05) is 11.1 Å². The molecule has 1 saturated heterocycles. The third-order valence-corrected chi connectivity index (χ3v) is 5.29. The number of nitrogens with one attached hydrogen (secondary N) is 1. The first-order valence-electron chi connectivity index (χ1n) is 10.4. The van der Waals surface area contributed by atoms with Crippen LogP contribution < -0.4 is 5.32 Å². The van der Waals surface area contributed by atoms with Gasteiger partial charge in [0.2, 0.25) is 5.91 Å². The lowest BCUT2D eigenvalue weighted by Gasteiger charge is -2.48. The third-order valence-electron chi connectivity index (χ3n) is 5.04. The van der Waals surface area contributed by atoms with E-state index in [0.29, 0.717) is 5.02 Å². The molecule has 1 heterocycles. The van der Waals surface area contributed by atoms with Gasteiger partial charge in [0.1, 0.15) is 12.2 Å². The Morgan fingerprint density at radius 3 is 2.31 bits per heavy atom. The number of halogens is 1. The zero-order chi connectivity index (χ0) is 23.5. The van der Waals surface area contributed by atoms with Crippen molar-refractivity contribution in [3.63, 3.8) is 0 Å². The molecule has 32 heavy (non-hydrogen) atoms. The van der Waals surface area contributed by atoms with Gasteiger partial charge in [-0.3, -0.25) is 4.79 Å². The van der Waals surface area contributed by atoms with Crippen LogP contribution in [0, 0.1) is 5.92 Å². The van der Waals surface area contributed by atoms with Crippen molar-refractivity contribution < 1.29 is 23.9 Å². The van der Waals surface area contributed by atoms with Crippen LogP contribution in [0.3, 0.4) is 0 Å². The number of β-lactam (4-membered cyclic amide) rings is 1. The topological polar surface area (TPSA) is 84.9 Å². The van der Waals surface area contributed by atoms with E-state index < -0.39 is 41.7 Å². The molecule has 3 rings (SSSR count). The molecule has 2 aromatic carbocycles. The minimum atomic E-state index is -0.752. The van der Waals surface area contributed by atoms with E-state index in [1.54, 1.807) is 52.0 Å². The fraction of sp³-hybridized carbons (Fsp3) is 0.375. The molecule has 0 radical (unpaired) electrons. The molecule has 0 bridgehead atoms. The van der Waals surface area contributed by atoms with Crippen LogP contribution in [0.25, 0.3) is 0 Å². The minimum absolute atomic E-state index is 0.114. The number of carbonyl (C=O) groups excluding carboxylic acids is 3. The smallest absolute Gasteiger partial charge is 0.417 e. The van der Waals surface area contributed by atoms with Gasteiger partial charge in [-0.2, -0.15) is 0 Å². The van der Waals surface area contributed by atoms with Gasteiger partial charge in [-0.05, 0) is 51.0 Å². The molecule has 3 atom stereocenters. The number of carbonyl (C=O) groups is 3. The number of rotatable bonds is 5. The molecule has 1 aliphatic rings. The number of imide groups is 1. The molecule has 7 nitrogen and oxygen atoms in total. The summed E-state index contributed by atoms with van der Waals surface area (Å²) in [6, 6.07) is 15.0. The number of amides is 3. The second-order valence-corrected chi connectivity index (χ2v) is 9.14. The summed E-state index contributed by atoms with van der Waals surface area (Å²) in [5.74, 6) is -1.08. The zero-order valence-electron chi connectivity index (χ0n) is 18.5. The van der Waals surface area contributed by atoms with Gasteiger partial charge < -0.3 is 14.8 Å². The molecule has 0 unspecified atom stereocenters. The van der Waals surface area contributed by atoms with Crippen molar-refractivity contribution in [1.29, 1.82) is 0 Å². The molecular formula is C24H27ClN2O5. The first-order valence-corrected chi connectivity index (χ1v) is 10.7. The maximum atomic E-state index is 12.9. The Morgan fingerprint density at radius 1 is 1.09 bits per heavy atom. The zero-order valence-corrected chi connectivity index (χ0v) is 19.3. The van der Waals surface area contributed by atoms with Gasteiger partial charge in [0.25, 0.3) is 0 Å². The largest absolute Gasteiger partial charge is 0.445 e. The molecule has 1 aliphatic heterocycles. The molecule has 2 aromatic rings. The standard InChI is InChI=1S/C24H27ClN2O5/c1-15(26-22(29)31-14-16-8-6-5-7-9-16)19-20(17-10-12-18(25)13-11-17)27(21(19)28)23(30)32-24(2,3)4/h5-13,15,19-20H,14H2,1-4H3,(H,26,29)/t15-,19+,20-/m1/s1. The quantitative estimate of drug-likeness (QED) is 0.631. The predicted molar refractivity (Wildman–Crippen MR) is 120 cm³/mol. The highest BCUT2D eigenvalue weighted by Gasteiger charge is 2.55. The Morgan fingerprint density at radius 2 is 1.72 bits per heavy atom. The number of nitrogens with zero attached hydrogens (tertiary/aromatic N) is 1. The molecule has 8 heteroatoms. The van der Waals surface area contributed by atoms with Crippen LogP contribution in [-0.4, -0.2) is 34.6 Å². The third kappa shape index (κ3) is 5.59. The van der Waals surface area contributed by atoms with Gasteiger partial charge in [0.05, 0.1) is 12.0 Å². The molecule has 0 aliphatic carbocycles. The fourth-order valence-electron chi connectivity index (χ4n) is 3.57. The summed E-state index contributed by atoms with van der Waals surface area (Å²) in [6.45, 7) is 7.02. The lowest BCUT2D eigenvalue weighted by atomic mass is 9.78. The normalized spacial score (nSPS) is 19.0. The SMILES string of the molecule is C[C@@H](NC(=O)OCc1ccccc1)[C@@H]1C(=O)N(C(=O)OC(C)(C)C)[C@@H]1c1ccc(Cl)cc1. The molecule has 1 N–H and O–H groups in total. The van der Waals surface area contributed by atoms with E-state index >= 15 is 0 Å². The summed E-state index contributed by atoms with van der Waals surface area (Å²) >= 11 is 6.00. The van der Waals surface area contributed by atoms with Gasteiger partial charge >= 0.3 is 12.2 Å². The monoisotopic (exact) mass is 458 g/mol. The number of hydrogen-bond donors (Lipinski definition) is 1. The highest BCUT2D eigenvalue weighted by atomic mass is 35.5. The first-order chi connectivity index (χ1) is 15.1. The van der Waals surface area contributed by atoms with E-state index in [1.165, 1.54) is 0 Å². The van der Waals surface area contributed by atoms with Crippen LogP contribution in [0.1, 0.15) is 44.9 Å². The minimum Gasteiger partial charge on any atom is -0.445 e. The second kappa shape index (κ2) is 9.61. The predicted octanol–water partition coefficient (Wildman–Crippen LogP) is 5.09. The van der Waals surface area contributed by atoms with Crippen LogP contribution >= 0.6 is 11.6 Å². The summed E-state index contributed by atoms with van der Waals surface area (Å²) in [4.78, 5) is 39.0. The van der Waals surface area contributed by atoms with Crippen molar-refractivity contribution in [2.75, 3.05) is 0 Å². The Hall–Kier alpha value is -3.06. The summed E-state index contributed by atoms with van der Waals surface area (Å²) < 4.78 is 10.7. The highest BCUT2D eigenvalue weighted by molar-refractivity contribution is 6.30. The number of ether oxygens (including phenoxy) is 2. The molecule has 3 amide bonds. The van der Waals surface area contributed by atoms with Crippen LogP contribution in [-0.2, 0) is 20.9 Å². The molecular weight excluding hydrogens is 432 g/mol. The maximum absolute atomic E-state index is 12.9. The molecule has 0 saturated carbocycles. The number of hydrogen-bond acceptors (Lipinski definition) is 5. The van der Waals surface area contributed by atoms with E-state index in [9.17, 15) is 14.4 Å². The van der Waals surface area contributed by atoms with Crippen molar-refractivity contribution in [2.24, 2.45) is 5.92 Å². The molecule has 0 aromatic heterocycles. The van der Waals surface area contributed by atoms with E-state index in [-0.39, 0.29) is 6.61 Å². The van der Waals surface area contributed by atoms with Crippen LogP contribution in [0.5, 0.6) is 0 Å². The van der Waals surface area contributed by atoms with E-state index in [4.69, 9.17) is 21.1 Å². The lowest BCUT2D eigenvalue weighted by molar-refractivity contribution is -0.156. The Labute approximate surface area is 192 Å².